The van der Waals surface area contributed by atoms with Gasteiger partial charge in [0.25, 0.3) is 0 Å². The van der Waals surface area contributed by atoms with Crippen molar-refractivity contribution in [3.63, 3.8) is 0 Å². The van der Waals surface area contributed by atoms with E-state index in [-0.39, 0.29) is 0 Å². The van der Waals surface area contributed by atoms with Crippen LogP contribution >= 0.6 is 22.6 Å². The Morgan fingerprint density at radius 3 is 1.71 bits per heavy atom. The second kappa shape index (κ2) is 7.95. The standard InChI is InChI=1S/C22H22IN/c1-17-14-22(18(2)13-21(17)23)24(15-19-9-5-3-6-10-19)16-20-11-7-4-8-12-20/h3-14H,15-16H2,1-2H3/q+1. The fourth-order valence-electron chi connectivity index (χ4n) is 2.94. The summed E-state index contributed by atoms with van der Waals surface area (Å²) < 4.78 is 1.33. The van der Waals surface area contributed by atoms with Crippen LogP contribution in [-0.4, -0.2) is 0 Å². The molecular formula is C22H22IN+. The highest BCUT2D eigenvalue weighted by molar-refractivity contribution is 14.1. The first-order valence-electron chi connectivity index (χ1n) is 8.23. The summed E-state index contributed by atoms with van der Waals surface area (Å²) in [7, 11) is 0. The summed E-state index contributed by atoms with van der Waals surface area (Å²) in [4.78, 5) is 2.48. The van der Waals surface area contributed by atoms with Crippen molar-refractivity contribution in [1.29, 1.82) is 0 Å². The summed E-state index contributed by atoms with van der Waals surface area (Å²) in [6.45, 7) is 6.22. The van der Waals surface area contributed by atoms with E-state index in [0.29, 0.717) is 0 Å². The molecule has 0 bridgehead atoms. The molecule has 3 rings (SSSR count). The first kappa shape index (κ1) is 17.2. The van der Waals surface area contributed by atoms with Crippen molar-refractivity contribution in [2.24, 2.45) is 0 Å². The Bertz CT molecular complexity index is 755. The summed E-state index contributed by atoms with van der Waals surface area (Å²) in [5.41, 5.74) is 6.66. The van der Waals surface area contributed by atoms with Gasteiger partial charge < -0.3 is 0 Å². The van der Waals surface area contributed by atoms with Crippen molar-refractivity contribution in [3.05, 3.63) is 98.6 Å². The van der Waals surface area contributed by atoms with Crippen molar-refractivity contribution in [3.8, 4) is 0 Å². The minimum Gasteiger partial charge on any atom is -0.125 e. The number of halogens is 1. The van der Waals surface area contributed by atoms with E-state index in [1.54, 1.807) is 0 Å². The maximum absolute atomic E-state index is 2.48. The Balaban J connectivity index is 1.96. The summed E-state index contributed by atoms with van der Waals surface area (Å²) >= 11 is 2.42. The second-order valence-corrected chi connectivity index (χ2v) is 7.38. The van der Waals surface area contributed by atoms with E-state index in [1.807, 2.05) is 0 Å². The lowest BCUT2D eigenvalue weighted by Crippen LogP contribution is -2.24. The molecule has 0 spiro atoms. The molecule has 1 radical (unpaired) electrons. The van der Waals surface area contributed by atoms with Crippen molar-refractivity contribution in [2.75, 3.05) is 0 Å². The predicted octanol–water partition coefficient (Wildman–Crippen LogP) is 6.08. The minimum absolute atomic E-state index is 0.913. The van der Waals surface area contributed by atoms with Gasteiger partial charge in [0.15, 0.2) is 18.8 Å². The van der Waals surface area contributed by atoms with Crippen molar-refractivity contribution in [2.45, 2.75) is 26.9 Å². The van der Waals surface area contributed by atoms with Gasteiger partial charge in [0.05, 0.1) is 0 Å². The van der Waals surface area contributed by atoms with Gasteiger partial charge in [-0.3, -0.25) is 0 Å². The molecule has 0 fully saturated rings. The maximum atomic E-state index is 2.48. The molecule has 0 aromatic heterocycles. The summed E-state index contributed by atoms with van der Waals surface area (Å²) in [6, 6.07) is 26.0. The fourth-order valence-corrected chi connectivity index (χ4v) is 3.56. The molecule has 0 saturated carbocycles. The van der Waals surface area contributed by atoms with E-state index in [9.17, 15) is 0 Å². The van der Waals surface area contributed by atoms with Gasteiger partial charge in [-0.25, -0.2) is 0 Å². The highest BCUT2D eigenvalue weighted by Crippen LogP contribution is 2.27. The fraction of sp³-hybridized carbons (Fsp3) is 0.182. The molecular weight excluding hydrogens is 405 g/mol. The molecule has 0 saturated heterocycles. The van der Waals surface area contributed by atoms with Gasteiger partial charge in [-0.1, -0.05) is 60.7 Å². The molecule has 3 aromatic rings. The van der Waals surface area contributed by atoms with Crippen LogP contribution < -0.4 is 4.90 Å². The van der Waals surface area contributed by atoms with Gasteiger partial charge in [-0.2, -0.15) is 0 Å². The SMILES string of the molecule is Cc1cc([N+](Cc2ccccc2)Cc2ccccc2)c(C)cc1I. The predicted molar refractivity (Wildman–Crippen MR) is 111 cm³/mol. The van der Waals surface area contributed by atoms with Crippen molar-refractivity contribution in [1.82, 2.24) is 4.90 Å². The molecule has 1 nitrogen and oxygen atoms in total. The number of hydrogen-bond acceptors (Lipinski definition) is 1. The average molecular weight is 427 g/mol. The van der Waals surface area contributed by atoms with Crippen molar-refractivity contribution < 1.29 is 0 Å². The molecule has 0 aliphatic carbocycles. The number of aryl methyl sites for hydroxylation is 2. The Kier molecular flexibility index (Phi) is 5.69. The van der Waals surface area contributed by atoms with E-state index in [1.165, 1.54) is 31.5 Å². The number of rotatable bonds is 5. The zero-order valence-electron chi connectivity index (χ0n) is 14.2. The van der Waals surface area contributed by atoms with E-state index < -0.39 is 0 Å². The monoisotopic (exact) mass is 427 g/mol. The highest BCUT2D eigenvalue weighted by Gasteiger charge is 2.23. The number of benzene rings is 3. The number of nitrogens with zero attached hydrogens (tertiary/aromatic N) is 1. The van der Waals surface area contributed by atoms with Gasteiger partial charge in [-0.15, -0.1) is 4.90 Å². The van der Waals surface area contributed by atoms with E-state index in [2.05, 4.69) is 114 Å². The van der Waals surface area contributed by atoms with Crippen LogP contribution in [0.4, 0.5) is 5.69 Å². The summed E-state index contributed by atoms with van der Waals surface area (Å²) in [5, 5.41) is 0. The number of anilines is 1. The van der Waals surface area contributed by atoms with Gasteiger partial charge >= 0.3 is 0 Å². The molecule has 24 heavy (non-hydrogen) atoms. The lowest BCUT2D eigenvalue weighted by atomic mass is 10.1. The highest BCUT2D eigenvalue weighted by atomic mass is 127. The van der Waals surface area contributed by atoms with E-state index >= 15 is 0 Å². The minimum atomic E-state index is 0.913. The van der Waals surface area contributed by atoms with Crippen molar-refractivity contribution >= 4 is 28.3 Å². The first-order valence-corrected chi connectivity index (χ1v) is 9.31. The molecule has 3 aromatic carbocycles. The zero-order chi connectivity index (χ0) is 16.9. The van der Waals surface area contributed by atoms with E-state index in [4.69, 9.17) is 0 Å². The molecule has 0 atom stereocenters. The molecule has 0 aliphatic rings. The molecule has 121 valence electrons. The first-order chi connectivity index (χ1) is 11.6. The summed E-state index contributed by atoms with van der Waals surface area (Å²) in [6.07, 6.45) is 0. The molecule has 0 unspecified atom stereocenters. The Hall–Kier alpha value is -1.65. The molecule has 0 N–H and O–H groups in total. The van der Waals surface area contributed by atoms with Gasteiger partial charge in [0.2, 0.25) is 0 Å². The normalized spacial score (nSPS) is 11.0. The Morgan fingerprint density at radius 1 is 0.708 bits per heavy atom. The molecule has 0 amide bonds. The largest absolute Gasteiger partial charge is 0.184 e. The van der Waals surface area contributed by atoms with Crippen LogP contribution in [0.2, 0.25) is 0 Å². The summed E-state index contributed by atoms with van der Waals surface area (Å²) in [5.74, 6) is 0. The number of hydrogen-bond donors (Lipinski definition) is 0. The molecule has 0 aliphatic heterocycles. The molecule has 2 heteroatoms. The van der Waals surface area contributed by atoms with Gasteiger partial charge in [0.1, 0.15) is 0 Å². The lowest BCUT2D eigenvalue weighted by molar-refractivity contribution is 0.520. The third kappa shape index (κ3) is 4.25. The maximum Gasteiger partial charge on any atom is 0.184 e. The third-order valence-corrected chi connectivity index (χ3v) is 5.41. The van der Waals surface area contributed by atoms with Crippen LogP contribution in [0.25, 0.3) is 0 Å². The van der Waals surface area contributed by atoms with Crippen LogP contribution in [0.5, 0.6) is 0 Å². The quantitative estimate of drug-likeness (QED) is 0.344. The van der Waals surface area contributed by atoms with Gasteiger partial charge in [0, 0.05) is 26.3 Å². The average Bonchev–Trinajstić information content (AvgIpc) is 2.59. The van der Waals surface area contributed by atoms with Crippen LogP contribution in [-0.2, 0) is 13.1 Å². The third-order valence-electron chi connectivity index (χ3n) is 4.25. The van der Waals surface area contributed by atoms with Gasteiger partial charge in [-0.05, 0) is 48.1 Å². The Labute approximate surface area is 158 Å². The van der Waals surface area contributed by atoms with Crippen LogP contribution in [0.15, 0.2) is 72.8 Å². The van der Waals surface area contributed by atoms with Crippen LogP contribution in [0, 0.1) is 17.4 Å². The topological polar surface area (TPSA) is 5.90 Å². The van der Waals surface area contributed by atoms with Crippen LogP contribution in [0.1, 0.15) is 22.3 Å². The van der Waals surface area contributed by atoms with Crippen LogP contribution in [0.3, 0.4) is 0 Å². The molecule has 0 heterocycles. The second-order valence-electron chi connectivity index (χ2n) is 6.22. The Morgan fingerprint density at radius 2 is 1.21 bits per heavy atom. The smallest absolute Gasteiger partial charge is 0.125 e. The van der Waals surface area contributed by atoms with E-state index in [0.717, 1.165) is 13.1 Å². The zero-order valence-corrected chi connectivity index (χ0v) is 16.3. The lowest BCUT2D eigenvalue weighted by Gasteiger charge is -2.16.